The van der Waals surface area contributed by atoms with Crippen molar-refractivity contribution in [3.8, 4) is 6.07 Å². The highest BCUT2D eigenvalue weighted by Gasteiger charge is 2.15. The molecule has 0 saturated carbocycles. The zero-order valence-electron chi connectivity index (χ0n) is 13.6. The van der Waals surface area contributed by atoms with Crippen LogP contribution in [0, 0.1) is 25.2 Å². The lowest BCUT2D eigenvalue weighted by molar-refractivity contribution is 1.12. The third-order valence-electron chi connectivity index (χ3n) is 4.04. The maximum Gasteiger partial charge on any atom is 0.229 e. The maximum atomic E-state index is 9.50. The van der Waals surface area contributed by atoms with Gasteiger partial charge >= 0.3 is 0 Å². The van der Waals surface area contributed by atoms with Crippen LogP contribution in [0.1, 0.15) is 16.8 Å². The van der Waals surface area contributed by atoms with Crippen molar-refractivity contribution in [1.82, 2.24) is 19.4 Å². The summed E-state index contributed by atoms with van der Waals surface area (Å²) in [6, 6.07) is 10.0. The average molecular weight is 393 g/mol. The zero-order chi connectivity index (χ0) is 17.6. The predicted octanol–water partition coefficient (Wildman–Crippen LogP) is 4.27. The third-order valence-corrected chi connectivity index (χ3v) is 4.57. The molecule has 0 aliphatic carbocycles. The number of nitriles is 1. The molecule has 1 aromatic carbocycles. The molecule has 4 aromatic rings. The van der Waals surface area contributed by atoms with Gasteiger partial charge in [0, 0.05) is 27.9 Å². The van der Waals surface area contributed by atoms with E-state index in [-0.39, 0.29) is 0 Å². The van der Waals surface area contributed by atoms with E-state index < -0.39 is 0 Å². The second kappa shape index (κ2) is 5.83. The Balaban J connectivity index is 1.92. The molecule has 25 heavy (non-hydrogen) atoms. The summed E-state index contributed by atoms with van der Waals surface area (Å²) in [6.45, 7) is 3.80. The van der Waals surface area contributed by atoms with Gasteiger partial charge in [0.15, 0.2) is 11.3 Å². The van der Waals surface area contributed by atoms with Gasteiger partial charge in [0.25, 0.3) is 0 Å². The highest BCUT2D eigenvalue weighted by molar-refractivity contribution is 9.10. The average Bonchev–Trinajstić information content (AvgIpc) is 2.99. The first-order chi connectivity index (χ1) is 12.1. The number of aromatic nitrogens is 4. The fraction of sp³-hybridized carbons (Fsp3) is 0.111. The molecule has 1 N–H and O–H groups in total. The van der Waals surface area contributed by atoms with Crippen LogP contribution in [0.25, 0.3) is 16.7 Å². The predicted molar refractivity (Wildman–Crippen MR) is 99.9 cm³/mol. The van der Waals surface area contributed by atoms with E-state index in [1.807, 2.05) is 48.7 Å². The molecule has 7 heteroatoms. The van der Waals surface area contributed by atoms with Crippen LogP contribution in [0.4, 0.5) is 11.6 Å². The highest BCUT2D eigenvalue weighted by Crippen LogP contribution is 2.26. The van der Waals surface area contributed by atoms with E-state index in [1.54, 1.807) is 6.20 Å². The number of imidazole rings is 1. The van der Waals surface area contributed by atoms with Gasteiger partial charge in [-0.25, -0.2) is 9.97 Å². The minimum Gasteiger partial charge on any atom is -0.324 e. The molecule has 0 saturated heterocycles. The number of aryl methyl sites for hydroxylation is 2. The quantitative estimate of drug-likeness (QED) is 0.550. The number of hydrogen-bond donors (Lipinski definition) is 1. The van der Waals surface area contributed by atoms with Crippen molar-refractivity contribution in [3.63, 3.8) is 0 Å². The molecular formula is C18H13BrN6. The number of rotatable bonds is 2. The highest BCUT2D eigenvalue weighted by atomic mass is 79.9. The molecule has 0 bridgehead atoms. The standard InChI is InChI=1S/C18H13BrN6/c1-10-9-25-16(22-10)14(7-20)11(2)15-8-21-18(24-17(15)25)23-13-5-3-12(19)4-6-13/h3-6,8-9H,1-2H3,(H,21,23,24). The Bertz CT molecular complexity index is 1150. The molecule has 0 unspecified atom stereocenters. The number of pyridine rings is 1. The van der Waals surface area contributed by atoms with E-state index in [0.717, 1.165) is 32.5 Å². The number of hydrogen-bond acceptors (Lipinski definition) is 5. The maximum absolute atomic E-state index is 9.50. The Morgan fingerprint density at radius 1 is 1.12 bits per heavy atom. The van der Waals surface area contributed by atoms with Crippen molar-refractivity contribution in [2.45, 2.75) is 13.8 Å². The van der Waals surface area contributed by atoms with E-state index in [2.05, 4.69) is 42.3 Å². The summed E-state index contributed by atoms with van der Waals surface area (Å²) in [4.78, 5) is 13.5. The Labute approximate surface area is 152 Å². The molecule has 0 aliphatic heterocycles. The normalized spacial score (nSPS) is 11.0. The molecule has 122 valence electrons. The fourth-order valence-corrected chi connectivity index (χ4v) is 3.08. The number of fused-ring (bicyclic) bond motifs is 3. The van der Waals surface area contributed by atoms with Crippen LogP contribution in [-0.4, -0.2) is 19.4 Å². The first kappa shape index (κ1) is 15.5. The number of benzene rings is 1. The van der Waals surface area contributed by atoms with Crippen LogP contribution < -0.4 is 5.32 Å². The minimum absolute atomic E-state index is 0.492. The van der Waals surface area contributed by atoms with Crippen LogP contribution in [0.5, 0.6) is 0 Å². The van der Waals surface area contributed by atoms with Crippen molar-refractivity contribution < 1.29 is 0 Å². The lowest BCUT2D eigenvalue weighted by Crippen LogP contribution is -2.02. The number of nitrogens with zero attached hydrogens (tertiary/aromatic N) is 5. The summed E-state index contributed by atoms with van der Waals surface area (Å²) in [6.07, 6.45) is 3.63. The summed E-state index contributed by atoms with van der Waals surface area (Å²) >= 11 is 3.42. The zero-order valence-corrected chi connectivity index (χ0v) is 15.2. The van der Waals surface area contributed by atoms with E-state index in [1.165, 1.54) is 0 Å². The fourth-order valence-electron chi connectivity index (χ4n) is 2.82. The molecule has 4 rings (SSSR count). The monoisotopic (exact) mass is 392 g/mol. The smallest absolute Gasteiger partial charge is 0.229 e. The molecule has 0 aliphatic rings. The second-order valence-electron chi connectivity index (χ2n) is 5.75. The molecule has 0 radical (unpaired) electrons. The molecule has 0 amide bonds. The summed E-state index contributed by atoms with van der Waals surface area (Å²) in [5.41, 5.74) is 4.47. The van der Waals surface area contributed by atoms with Gasteiger partial charge in [-0.2, -0.15) is 10.2 Å². The summed E-state index contributed by atoms with van der Waals surface area (Å²) in [7, 11) is 0. The molecule has 3 heterocycles. The number of anilines is 2. The molecule has 0 atom stereocenters. The van der Waals surface area contributed by atoms with E-state index in [4.69, 9.17) is 0 Å². The largest absolute Gasteiger partial charge is 0.324 e. The van der Waals surface area contributed by atoms with Gasteiger partial charge in [0.2, 0.25) is 5.95 Å². The molecule has 0 fully saturated rings. The van der Waals surface area contributed by atoms with Gasteiger partial charge in [-0.05, 0) is 43.7 Å². The van der Waals surface area contributed by atoms with Crippen LogP contribution in [0.3, 0.4) is 0 Å². The number of nitrogens with one attached hydrogen (secondary N) is 1. The van der Waals surface area contributed by atoms with Crippen LogP contribution in [0.2, 0.25) is 0 Å². The van der Waals surface area contributed by atoms with E-state index in [9.17, 15) is 5.26 Å². The SMILES string of the molecule is Cc1cn2c(n1)c(C#N)c(C)c1cnc(Nc3ccc(Br)cc3)nc12. The Morgan fingerprint density at radius 3 is 2.60 bits per heavy atom. The van der Waals surface area contributed by atoms with E-state index in [0.29, 0.717) is 17.2 Å². The summed E-state index contributed by atoms with van der Waals surface area (Å²) in [5, 5.41) is 13.5. The van der Waals surface area contributed by atoms with Crippen molar-refractivity contribution in [3.05, 3.63) is 58.0 Å². The Kier molecular flexibility index (Phi) is 3.62. The Morgan fingerprint density at radius 2 is 1.88 bits per heavy atom. The van der Waals surface area contributed by atoms with Crippen molar-refractivity contribution in [2.75, 3.05) is 5.32 Å². The third kappa shape index (κ3) is 2.61. The van der Waals surface area contributed by atoms with Crippen LogP contribution in [-0.2, 0) is 0 Å². The second-order valence-corrected chi connectivity index (χ2v) is 6.67. The van der Waals surface area contributed by atoms with Crippen LogP contribution >= 0.6 is 15.9 Å². The minimum atomic E-state index is 0.492. The summed E-state index contributed by atoms with van der Waals surface area (Å²) in [5.74, 6) is 0.492. The summed E-state index contributed by atoms with van der Waals surface area (Å²) < 4.78 is 2.86. The Hall–Kier alpha value is -2.98. The van der Waals surface area contributed by atoms with Gasteiger partial charge in [-0.15, -0.1) is 0 Å². The number of halogens is 1. The van der Waals surface area contributed by atoms with E-state index >= 15 is 0 Å². The van der Waals surface area contributed by atoms with Gasteiger partial charge in [0.1, 0.15) is 6.07 Å². The lowest BCUT2D eigenvalue weighted by atomic mass is 10.1. The van der Waals surface area contributed by atoms with Gasteiger partial charge in [0.05, 0.1) is 11.3 Å². The van der Waals surface area contributed by atoms with Gasteiger partial charge in [-0.3, -0.25) is 4.40 Å². The van der Waals surface area contributed by atoms with Crippen molar-refractivity contribution in [2.24, 2.45) is 0 Å². The van der Waals surface area contributed by atoms with Crippen molar-refractivity contribution in [1.29, 1.82) is 5.26 Å². The lowest BCUT2D eigenvalue weighted by Gasteiger charge is -2.10. The topological polar surface area (TPSA) is 78.9 Å². The van der Waals surface area contributed by atoms with Gasteiger partial charge in [-0.1, -0.05) is 15.9 Å². The van der Waals surface area contributed by atoms with Crippen LogP contribution in [0.15, 0.2) is 41.1 Å². The molecule has 0 spiro atoms. The molecular weight excluding hydrogens is 380 g/mol. The molecule has 3 aromatic heterocycles. The van der Waals surface area contributed by atoms with Gasteiger partial charge < -0.3 is 5.32 Å². The van der Waals surface area contributed by atoms with Crippen molar-refractivity contribution >= 4 is 44.2 Å². The molecule has 6 nitrogen and oxygen atoms in total. The first-order valence-electron chi connectivity index (χ1n) is 7.64. The first-order valence-corrected chi connectivity index (χ1v) is 8.44.